The van der Waals surface area contributed by atoms with Crippen molar-refractivity contribution in [2.45, 2.75) is 6.54 Å². The number of hydrogen-bond acceptors (Lipinski definition) is 4. The molecule has 15 heavy (non-hydrogen) atoms. The molecule has 0 aliphatic rings. The smallest absolute Gasteiger partial charge is 0.251 e. The Labute approximate surface area is 84.7 Å². The molecule has 3 rings (SSSR count). The predicted molar refractivity (Wildman–Crippen MR) is 52.9 cm³/mol. The van der Waals surface area contributed by atoms with Gasteiger partial charge in [-0.15, -0.1) is 0 Å². The highest BCUT2D eigenvalue weighted by Gasteiger charge is 2.09. The summed E-state index contributed by atoms with van der Waals surface area (Å²) in [5, 5.41) is 3.05. The van der Waals surface area contributed by atoms with Gasteiger partial charge in [-0.05, 0) is 12.1 Å². The third kappa shape index (κ3) is 1.23. The van der Waals surface area contributed by atoms with Crippen LogP contribution < -0.4 is 5.73 Å². The molecule has 0 aromatic carbocycles. The maximum absolute atomic E-state index is 5.47. The van der Waals surface area contributed by atoms with Crippen molar-refractivity contribution < 1.29 is 4.42 Å². The molecule has 3 heterocycles. The Morgan fingerprint density at radius 1 is 1.47 bits per heavy atom. The number of nitrogens with one attached hydrogen (secondary N) is 1. The number of hydrogen-bond donors (Lipinski definition) is 2. The largest absolute Gasteiger partial charge is 0.461 e. The number of nitrogens with zero attached hydrogens (tertiary/aromatic N) is 3. The van der Waals surface area contributed by atoms with E-state index < -0.39 is 0 Å². The lowest BCUT2D eigenvalue weighted by atomic mass is 10.4. The minimum Gasteiger partial charge on any atom is -0.461 e. The van der Waals surface area contributed by atoms with E-state index in [-0.39, 0.29) is 0 Å². The highest BCUT2D eigenvalue weighted by molar-refractivity contribution is 5.49. The van der Waals surface area contributed by atoms with E-state index in [0.717, 1.165) is 5.69 Å². The van der Waals surface area contributed by atoms with Crippen LogP contribution in [-0.4, -0.2) is 19.6 Å². The first-order chi connectivity index (χ1) is 7.36. The van der Waals surface area contributed by atoms with E-state index in [2.05, 4.69) is 15.1 Å². The van der Waals surface area contributed by atoms with E-state index in [9.17, 15) is 0 Å². The van der Waals surface area contributed by atoms with Crippen LogP contribution in [0.4, 0.5) is 0 Å². The zero-order valence-electron chi connectivity index (χ0n) is 7.84. The minimum atomic E-state index is 0.410. The van der Waals surface area contributed by atoms with E-state index >= 15 is 0 Å². The van der Waals surface area contributed by atoms with Gasteiger partial charge in [0.15, 0.2) is 11.6 Å². The van der Waals surface area contributed by atoms with Gasteiger partial charge in [0.1, 0.15) is 0 Å². The summed E-state index contributed by atoms with van der Waals surface area (Å²) in [5.41, 5.74) is 6.27. The van der Waals surface area contributed by atoms with Crippen LogP contribution in [0, 0.1) is 0 Å². The molecule has 76 valence electrons. The second-order valence-electron chi connectivity index (χ2n) is 3.16. The van der Waals surface area contributed by atoms with E-state index in [1.807, 2.05) is 18.3 Å². The minimum absolute atomic E-state index is 0.410. The van der Waals surface area contributed by atoms with Crippen LogP contribution in [0.25, 0.3) is 17.4 Å². The number of rotatable bonds is 2. The first kappa shape index (κ1) is 8.25. The van der Waals surface area contributed by atoms with Gasteiger partial charge in [0.2, 0.25) is 0 Å². The fraction of sp³-hybridized carbons (Fsp3) is 0.111. The van der Waals surface area contributed by atoms with Crippen LogP contribution in [0.1, 0.15) is 5.69 Å². The SMILES string of the molecule is NCc1cn2[nH]c(-c3ccco3)nc2n1. The van der Waals surface area contributed by atoms with Crippen LogP contribution in [0.2, 0.25) is 0 Å². The molecule has 3 aromatic rings. The third-order valence-electron chi connectivity index (χ3n) is 2.14. The number of nitrogens with two attached hydrogens (primary N) is 1. The summed E-state index contributed by atoms with van der Waals surface area (Å²) in [4.78, 5) is 8.49. The molecule has 0 spiro atoms. The van der Waals surface area contributed by atoms with Crippen LogP contribution in [0.3, 0.4) is 0 Å². The Bertz CT molecular complexity index is 545. The van der Waals surface area contributed by atoms with Gasteiger partial charge in [0.25, 0.3) is 5.78 Å². The Morgan fingerprint density at radius 3 is 3.07 bits per heavy atom. The zero-order valence-corrected chi connectivity index (χ0v) is 7.84. The number of H-pyrrole nitrogens is 1. The van der Waals surface area contributed by atoms with E-state index in [1.165, 1.54) is 0 Å². The number of imidazole rings is 1. The zero-order chi connectivity index (χ0) is 10.3. The maximum atomic E-state index is 5.47. The molecular weight excluding hydrogens is 194 g/mol. The molecule has 3 N–H and O–H groups in total. The topological polar surface area (TPSA) is 85.1 Å². The van der Waals surface area contributed by atoms with Crippen LogP contribution in [0.15, 0.2) is 29.0 Å². The molecule has 0 fully saturated rings. The molecule has 0 unspecified atom stereocenters. The molecule has 0 radical (unpaired) electrons. The number of furan rings is 1. The summed E-state index contributed by atoms with van der Waals surface area (Å²) < 4.78 is 6.94. The normalized spacial score (nSPS) is 11.3. The molecule has 0 atom stereocenters. The van der Waals surface area contributed by atoms with Gasteiger partial charge in [-0.1, -0.05) is 0 Å². The van der Waals surface area contributed by atoms with Crippen molar-refractivity contribution >= 4 is 5.78 Å². The molecule has 6 nitrogen and oxygen atoms in total. The predicted octanol–water partition coefficient (Wildman–Crippen LogP) is 0.776. The lowest BCUT2D eigenvalue weighted by Crippen LogP contribution is -1.95. The van der Waals surface area contributed by atoms with E-state index in [4.69, 9.17) is 10.2 Å². The first-order valence-corrected chi connectivity index (χ1v) is 4.55. The van der Waals surface area contributed by atoms with Crippen molar-refractivity contribution in [3.8, 4) is 11.6 Å². The highest BCUT2D eigenvalue weighted by Crippen LogP contribution is 2.16. The fourth-order valence-electron chi connectivity index (χ4n) is 1.44. The fourth-order valence-corrected chi connectivity index (χ4v) is 1.44. The Kier molecular flexibility index (Phi) is 1.63. The summed E-state index contributed by atoms with van der Waals surface area (Å²) in [5.74, 6) is 1.95. The Morgan fingerprint density at radius 2 is 2.40 bits per heavy atom. The van der Waals surface area contributed by atoms with Gasteiger partial charge < -0.3 is 10.2 Å². The monoisotopic (exact) mass is 203 g/mol. The molecule has 0 aliphatic carbocycles. The van der Waals surface area contributed by atoms with Gasteiger partial charge in [0, 0.05) is 6.54 Å². The molecule has 0 aliphatic heterocycles. The summed E-state index contributed by atoms with van der Waals surface area (Å²) >= 11 is 0. The summed E-state index contributed by atoms with van der Waals surface area (Å²) in [7, 11) is 0. The molecular formula is C9H9N5O. The van der Waals surface area contributed by atoms with Crippen LogP contribution >= 0.6 is 0 Å². The molecule has 0 amide bonds. The molecule has 0 bridgehead atoms. The first-order valence-electron chi connectivity index (χ1n) is 4.55. The molecule has 3 aromatic heterocycles. The van der Waals surface area contributed by atoms with Gasteiger partial charge in [-0.2, -0.15) is 4.98 Å². The quantitative estimate of drug-likeness (QED) is 0.644. The van der Waals surface area contributed by atoms with Gasteiger partial charge in [0.05, 0.1) is 18.2 Å². The van der Waals surface area contributed by atoms with Crippen molar-refractivity contribution in [2.24, 2.45) is 5.73 Å². The van der Waals surface area contributed by atoms with E-state index in [1.54, 1.807) is 10.8 Å². The Hall–Kier alpha value is -2.08. The molecule has 0 saturated carbocycles. The second-order valence-corrected chi connectivity index (χ2v) is 3.16. The van der Waals surface area contributed by atoms with Crippen molar-refractivity contribution in [2.75, 3.05) is 0 Å². The van der Waals surface area contributed by atoms with Gasteiger partial charge >= 0.3 is 0 Å². The number of fused-ring (bicyclic) bond motifs is 1. The molecule has 6 heteroatoms. The lowest BCUT2D eigenvalue weighted by molar-refractivity contribution is 0.577. The second kappa shape index (κ2) is 2.96. The van der Waals surface area contributed by atoms with Gasteiger partial charge in [-0.3, -0.25) is 5.10 Å². The Balaban J connectivity index is 2.12. The van der Waals surface area contributed by atoms with Crippen LogP contribution in [0.5, 0.6) is 0 Å². The number of aromatic nitrogens is 4. The maximum Gasteiger partial charge on any atom is 0.251 e. The summed E-state index contributed by atoms with van der Waals surface area (Å²) in [6.45, 7) is 0.410. The van der Waals surface area contributed by atoms with Crippen molar-refractivity contribution in [3.05, 3.63) is 30.3 Å². The summed E-state index contributed by atoms with van der Waals surface area (Å²) in [6.07, 6.45) is 3.42. The third-order valence-corrected chi connectivity index (χ3v) is 2.14. The van der Waals surface area contributed by atoms with Crippen LogP contribution in [-0.2, 0) is 6.54 Å². The van der Waals surface area contributed by atoms with Crippen molar-refractivity contribution in [3.63, 3.8) is 0 Å². The lowest BCUT2D eigenvalue weighted by Gasteiger charge is -1.87. The molecule has 0 saturated heterocycles. The number of aromatic amines is 1. The standard InChI is InChI=1S/C9H9N5O/c10-4-6-5-14-9(11-6)12-8(13-14)7-2-1-3-15-7/h1-3,5H,4,10H2,(H,11,12,13). The van der Waals surface area contributed by atoms with E-state index in [0.29, 0.717) is 23.9 Å². The average Bonchev–Trinajstić information content (AvgIpc) is 2.91. The van der Waals surface area contributed by atoms with Crippen molar-refractivity contribution in [1.82, 2.24) is 19.6 Å². The van der Waals surface area contributed by atoms with Crippen molar-refractivity contribution in [1.29, 1.82) is 0 Å². The summed E-state index contributed by atoms with van der Waals surface area (Å²) in [6, 6.07) is 3.65. The average molecular weight is 203 g/mol. The highest BCUT2D eigenvalue weighted by atomic mass is 16.3. The van der Waals surface area contributed by atoms with Gasteiger partial charge in [-0.25, -0.2) is 9.50 Å².